The number of hydrogen-bond acceptors (Lipinski definition) is 7. The highest BCUT2D eigenvalue weighted by atomic mass is 16.5. The van der Waals surface area contributed by atoms with Crippen LogP contribution in [0, 0.1) is 5.92 Å². The van der Waals surface area contributed by atoms with Crippen molar-refractivity contribution in [1.29, 1.82) is 0 Å². The van der Waals surface area contributed by atoms with E-state index in [-0.39, 0.29) is 23.8 Å². The van der Waals surface area contributed by atoms with E-state index in [0.717, 1.165) is 42.9 Å². The van der Waals surface area contributed by atoms with Crippen LogP contribution < -0.4 is 20.4 Å². The first-order valence-electron chi connectivity index (χ1n) is 12.7. The first-order valence-corrected chi connectivity index (χ1v) is 12.7. The lowest BCUT2D eigenvalue weighted by Crippen LogP contribution is -2.38. The minimum absolute atomic E-state index is 0.0827. The van der Waals surface area contributed by atoms with Crippen LogP contribution in [-0.2, 0) is 9.53 Å². The Bertz CT molecular complexity index is 1080. The highest BCUT2D eigenvalue weighted by molar-refractivity contribution is 5.99. The molecule has 1 aliphatic carbocycles. The van der Waals surface area contributed by atoms with Crippen molar-refractivity contribution < 1.29 is 14.3 Å². The summed E-state index contributed by atoms with van der Waals surface area (Å²) in [6.07, 6.45) is 8.02. The molecule has 1 saturated carbocycles. The molecule has 186 valence electrons. The Morgan fingerprint density at radius 3 is 2.69 bits per heavy atom. The predicted octanol–water partition coefficient (Wildman–Crippen LogP) is 3.49. The van der Waals surface area contributed by atoms with Crippen LogP contribution in [0.25, 0.3) is 0 Å². The number of aromatic nitrogens is 2. The van der Waals surface area contributed by atoms with Gasteiger partial charge in [0.2, 0.25) is 11.9 Å². The van der Waals surface area contributed by atoms with E-state index < -0.39 is 0 Å². The molecule has 2 N–H and O–H groups in total. The zero-order chi connectivity index (χ0) is 24.4. The smallest absolute Gasteiger partial charge is 0.251 e. The molecule has 3 heterocycles. The molecule has 2 aliphatic heterocycles. The summed E-state index contributed by atoms with van der Waals surface area (Å²) in [5.41, 5.74) is 2.06. The number of fused-ring (bicyclic) bond motifs is 1. The molecule has 0 radical (unpaired) electrons. The summed E-state index contributed by atoms with van der Waals surface area (Å²) >= 11 is 0. The maximum absolute atomic E-state index is 12.9. The standard InChI is InChI=1S/C26H34N6O3/c1-17-16-32(21-8-3-4-9-21)23-22(31(2)25(17)34)15-27-26(30-23)29-20-7-5-6-18(14-20)24(33)28-19-10-12-35-13-11-19/h5-7,14-15,17,19,21H,3-4,8-13,16H2,1-2H3,(H,28,33)(H,27,29,30). The lowest BCUT2D eigenvalue weighted by Gasteiger charge is -2.31. The molecule has 9 nitrogen and oxygen atoms in total. The molecular formula is C26H34N6O3. The molecular weight excluding hydrogens is 444 g/mol. The molecule has 5 rings (SSSR count). The van der Waals surface area contributed by atoms with Gasteiger partial charge in [-0.25, -0.2) is 4.98 Å². The largest absolute Gasteiger partial charge is 0.381 e. The van der Waals surface area contributed by atoms with Crippen molar-refractivity contribution in [1.82, 2.24) is 15.3 Å². The second-order valence-electron chi connectivity index (χ2n) is 9.86. The number of hydrogen-bond donors (Lipinski definition) is 2. The van der Waals surface area contributed by atoms with Gasteiger partial charge in [-0.2, -0.15) is 4.98 Å². The lowest BCUT2D eigenvalue weighted by molar-refractivity contribution is -0.121. The fourth-order valence-electron chi connectivity index (χ4n) is 5.30. The Hall–Kier alpha value is -3.20. The summed E-state index contributed by atoms with van der Waals surface area (Å²) < 4.78 is 5.38. The summed E-state index contributed by atoms with van der Waals surface area (Å²) in [7, 11) is 1.80. The number of benzene rings is 1. The summed E-state index contributed by atoms with van der Waals surface area (Å²) in [4.78, 5) is 39.0. The monoisotopic (exact) mass is 478 g/mol. The third-order valence-electron chi connectivity index (χ3n) is 7.31. The molecule has 35 heavy (non-hydrogen) atoms. The Balaban J connectivity index is 1.38. The maximum atomic E-state index is 12.9. The number of nitrogens with zero attached hydrogens (tertiary/aromatic N) is 4. The molecule has 0 bridgehead atoms. The fraction of sp³-hybridized carbons (Fsp3) is 0.538. The van der Waals surface area contributed by atoms with Crippen LogP contribution in [0.4, 0.5) is 23.1 Å². The third-order valence-corrected chi connectivity index (χ3v) is 7.31. The van der Waals surface area contributed by atoms with Gasteiger partial charge < -0.3 is 25.2 Å². The van der Waals surface area contributed by atoms with Crippen molar-refractivity contribution >= 4 is 35.0 Å². The van der Waals surface area contributed by atoms with E-state index in [2.05, 4.69) is 20.5 Å². The number of ether oxygens (including phenoxy) is 1. The van der Waals surface area contributed by atoms with E-state index in [1.54, 1.807) is 18.1 Å². The molecule has 0 spiro atoms. The van der Waals surface area contributed by atoms with Gasteiger partial charge in [0.1, 0.15) is 5.69 Å². The van der Waals surface area contributed by atoms with Crippen LogP contribution in [0.1, 0.15) is 55.8 Å². The van der Waals surface area contributed by atoms with Crippen LogP contribution in [0.2, 0.25) is 0 Å². The highest BCUT2D eigenvalue weighted by Gasteiger charge is 2.35. The Kier molecular flexibility index (Phi) is 6.86. The molecule has 1 aromatic heterocycles. The summed E-state index contributed by atoms with van der Waals surface area (Å²) in [6.45, 7) is 3.99. The molecule has 1 saturated heterocycles. The van der Waals surface area contributed by atoms with Gasteiger partial charge in [0.25, 0.3) is 5.91 Å². The number of carbonyl (C=O) groups is 2. The maximum Gasteiger partial charge on any atom is 0.251 e. The predicted molar refractivity (Wildman–Crippen MR) is 135 cm³/mol. The molecule has 1 aromatic carbocycles. The van der Waals surface area contributed by atoms with Crippen LogP contribution in [-0.4, -0.2) is 60.7 Å². The molecule has 3 aliphatic rings. The van der Waals surface area contributed by atoms with Gasteiger partial charge in [0.15, 0.2) is 5.82 Å². The second-order valence-corrected chi connectivity index (χ2v) is 9.86. The van der Waals surface area contributed by atoms with Gasteiger partial charge in [-0.1, -0.05) is 25.8 Å². The normalized spacial score (nSPS) is 21.5. The number of nitrogens with one attached hydrogen (secondary N) is 2. The van der Waals surface area contributed by atoms with Crippen molar-refractivity contribution in [3.63, 3.8) is 0 Å². The van der Waals surface area contributed by atoms with E-state index in [9.17, 15) is 9.59 Å². The van der Waals surface area contributed by atoms with E-state index in [4.69, 9.17) is 9.72 Å². The minimum atomic E-state index is -0.114. The van der Waals surface area contributed by atoms with Crippen molar-refractivity contribution in [3.05, 3.63) is 36.0 Å². The van der Waals surface area contributed by atoms with E-state index in [0.29, 0.717) is 37.3 Å². The van der Waals surface area contributed by atoms with Crippen LogP contribution >= 0.6 is 0 Å². The average Bonchev–Trinajstić information content (AvgIpc) is 3.39. The first kappa shape index (κ1) is 23.5. The van der Waals surface area contributed by atoms with Crippen molar-refractivity contribution in [2.24, 2.45) is 5.92 Å². The number of anilines is 4. The second kappa shape index (κ2) is 10.2. The van der Waals surface area contributed by atoms with Gasteiger partial charge >= 0.3 is 0 Å². The highest BCUT2D eigenvalue weighted by Crippen LogP contribution is 2.37. The van der Waals surface area contributed by atoms with Crippen molar-refractivity contribution in [2.75, 3.05) is 41.9 Å². The molecule has 2 amide bonds. The zero-order valence-corrected chi connectivity index (χ0v) is 20.5. The van der Waals surface area contributed by atoms with Gasteiger partial charge in [-0.05, 0) is 43.9 Å². The van der Waals surface area contributed by atoms with Gasteiger partial charge in [0.05, 0.1) is 12.1 Å². The molecule has 9 heteroatoms. The lowest BCUT2D eigenvalue weighted by atomic mass is 10.1. The van der Waals surface area contributed by atoms with Crippen LogP contribution in [0.15, 0.2) is 30.5 Å². The number of amides is 2. The molecule has 2 aromatic rings. The fourth-order valence-corrected chi connectivity index (χ4v) is 5.30. The van der Waals surface area contributed by atoms with Crippen LogP contribution in [0.3, 0.4) is 0 Å². The van der Waals surface area contributed by atoms with Crippen LogP contribution in [0.5, 0.6) is 0 Å². The zero-order valence-electron chi connectivity index (χ0n) is 20.5. The molecule has 1 unspecified atom stereocenters. The van der Waals surface area contributed by atoms with E-state index in [1.807, 2.05) is 31.2 Å². The Morgan fingerprint density at radius 1 is 1.14 bits per heavy atom. The van der Waals surface area contributed by atoms with Crippen molar-refractivity contribution in [2.45, 2.75) is 57.5 Å². The quantitative estimate of drug-likeness (QED) is 0.679. The van der Waals surface area contributed by atoms with Crippen molar-refractivity contribution in [3.8, 4) is 0 Å². The van der Waals surface area contributed by atoms with E-state index >= 15 is 0 Å². The SMILES string of the molecule is CC1CN(C2CCCC2)c2nc(Nc3cccc(C(=O)NC4CCOCC4)c3)ncc2N(C)C1=O. The number of carbonyl (C=O) groups excluding carboxylic acids is 2. The van der Waals surface area contributed by atoms with Gasteiger partial charge in [-0.3, -0.25) is 9.59 Å². The Morgan fingerprint density at radius 2 is 1.91 bits per heavy atom. The average molecular weight is 479 g/mol. The summed E-state index contributed by atoms with van der Waals surface area (Å²) in [6, 6.07) is 7.90. The minimum Gasteiger partial charge on any atom is -0.381 e. The van der Waals surface area contributed by atoms with E-state index in [1.165, 1.54) is 12.8 Å². The third kappa shape index (κ3) is 5.10. The molecule has 2 fully saturated rings. The molecule has 1 atom stereocenters. The van der Waals surface area contributed by atoms with Gasteiger partial charge in [0, 0.05) is 50.1 Å². The Labute approximate surface area is 206 Å². The summed E-state index contributed by atoms with van der Waals surface area (Å²) in [5.74, 6) is 1.12. The van der Waals surface area contributed by atoms with Gasteiger partial charge in [-0.15, -0.1) is 0 Å². The first-order chi connectivity index (χ1) is 17.0. The number of rotatable bonds is 5. The topological polar surface area (TPSA) is 99.7 Å². The summed E-state index contributed by atoms with van der Waals surface area (Å²) in [5, 5.41) is 6.37.